The average molecular weight is 223 g/mol. The summed E-state index contributed by atoms with van der Waals surface area (Å²) in [5.41, 5.74) is 0. The van der Waals surface area contributed by atoms with E-state index in [1.807, 2.05) is 0 Å². The largest absolute Gasteiger partial charge is 0.314 e. The first-order chi connectivity index (χ1) is 7.83. The molecule has 0 bridgehead atoms. The van der Waals surface area contributed by atoms with E-state index >= 15 is 0 Å². The van der Waals surface area contributed by atoms with E-state index in [9.17, 15) is 0 Å². The van der Waals surface area contributed by atoms with Crippen molar-refractivity contribution in [3.63, 3.8) is 0 Å². The SMILES string of the molecule is CC(CC1CC1)N1CC(N2CCNCC2)C1. The van der Waals surface area contributed by atoms with Crippen LogP contribution in [0, 0.1) is 5.92 Å². The molecule has 3 heteroatoms. The van der Waals surface area contributed by atoms with E-state index in [4.69, 9.17) is 0 Å². The van der Waals surface area contributed by atoms with Gasteiger partial charge >= 0.3 is 0 Å². The molecular weight excluding hydrogens is 198 g/mol. The van der Waals surface area contributed by atoms with Gasteiger partial charge in [0.1, 0.15) is 0 Å². The summed E-state index contributed by atoms with van der Waals surface area (Å²) in [6.07, 6.45) is 4.45. The Morgan fingerprint density at radius 2 is 1.88 bits per heavy atom. The fraction of sp³-hybridized carbons (Fsp3) is 1.00. The van der Waals surface area contributed by atoms with Crippen LogP contribution in [0.2, 0.25) is 0 Å². The lowest BCUT2D eigenvalue weighted by Crippen LogP contribution is -2.64. The molecule has 1 aliphatic carbocycles. The summed E-state index contributed by atoms with van der Waals surface area (Å²) in [6.45, 7) is 9.97. The predicted molar refractivity (Wildman–Crippen MR) is 66.6 cm³/mol. The minimum Gasteiger partial charge on any atom is -0.314 e. The van der Waals surface area contributed by atoms with Crippen molar-refractivity contribution in [2.45, 2.75) is 38.3 Å². The summed E-state index contributed by atoms with van der Waals surface area (Å²) in [4.78, 5) is 5.36. The van der Waals surface area contributed by atoms with Gasteiger partial charge in [-0.15, -0.1) is 0 Å². The molecule has 0 spiro atoms. The molecule has 0 aromatic heterocycles. The van der Waals surface area contributed by atoms with E-state index in [1.54, 1.807) is 0 Å². The molecule has 92 valence electrons. The summed E-state index contributed by atoms with van der Waals surface area (Å²) in [7, 11) is 0. The predicted octanol–water partition coefficient (Wildman–Crippen LogP) is 0.764. The highest BCUT2D eigenvalue weighted by molar-refractivity contribution is 4.93. The number of piperazine rings is 1. The minimum absolute atomic E-state index is 0.840. The molecule has 0 radical (unpaired) electrons. The molecule has 0 aromatic carbocycles. The molecule has 1 saturated carbocycles. The zero-order valence-corrected chi connectivity index (χ0v) is 10.5. The van der Waals surface area contributed by atoms with Crippen molar-refractivity contribution in [2.75, 3.05) is 39.3 Å². The highest BCUT2D eigenvalue weighted by Gasteiger charge is 2.36. The van der Waals surface area contributed by atoms with Crippen molar-refractivity contribution in [3.05, 3.63) is 0 Å². The first-order valence-corrected chi connectivity index (χ1v) is 7.02. The molecule has 1 atom stereocenters. The molecule has 3 fully saturated rings. The average Bonchev–Trinajstić information content (AvgIpc) is 3.01. The van der Waals surface area contributed by atoms with Gasteiger partial charge in [-0.05, 0) is 19.3 Å². The minimum atomic E-state index is 0.840. The molecule has 0 amide bonds. The summed E-state index contributed by atoms with van der Waals surface area (Å²) in [5, 5.41) is 3.43. The smallest absolute Gasteiger partial charge is 0.0351 e. The Hall–Kier alpha value is -0.120. The quantitative estimate of drug-likeness (QED) is 0.759. The Bertz CT molecular complexity index is 227. The van der Waals surface area contributed by atoms with Crippen LogP contribution in [0.25, 0.3) is 0 Å². The van der Waals surface area contributed by atoms with Crippen LogP contribution in [0.1, 0.15) is 26.2 Å². The molecule has 16 heavy (non-hydrogen) atoms. The first kappa shape index (κ1) is 11.0. The zero-order valence-electron chi connectivity index (χ0n) is 10.5. The van der Waals surface area contributed by atoms with Crippen molar-refractivity contribution in [1.82, 2.24) is 15.1 Å². The molecule has 3 aliphatic rings. The Labute approximate surface area is 99.2 Å². The second-order valence-electron chi connectivity index (χ2n) is 5.92. The number of likely N-dealkylation sites (tertiary alicyclic amines) is 1. The summed E-state index contributed by atoms with van der Waals surface area (Å²) in [6, 6.07) is 1.70. The third-order valence-electron chi connectivity index (χ3n) is 4.55. The lowest BCUT2D eigenvalue weighted by Gasteiger charge is -2.49. The molecule has 3 nitrogen and oxygen atoms in total. The third kappa shape index (κ3) is 2.41. The van der Waals surface area contributed by atoms with E-state index < -0.39 is 0 Å². The van der Waals surface area contributed by atoms with Crippen LogP contribution in [-0.2, 0) is 0 Å². The van der Waals surface area contributed by atoms with Crippen LogP contribution in [0.4, 0.5) is 0 Å². The maximum atomic E-state index is 3.43. The van der Waals surface area contributed by atoms with Crippen molar-refractivity contribution in [1.29, 1.82) is 0 Å². The maximum Gasteiger partial charge on any atom is 0.0351 e. The Morgan fingerprint density at radius 3 is 2.50 bits per heavy atom. The van der Waals surface area contributed by atoms with Gasteiger partial charge in [0.05, 0.1) is 0 Å². The zero-order chi connectivity index (χ0) is 11.0. The fourth-order valence-corrected chi connectivity index (χ4v) is 3.11. The van der Waals surface area contributed by atoms with Gasteiger partial charge in [0, 0.05) is 51.4 Å². The molecule has 2 saturated heterocycles. The van der Waals surface area contributed by atoms with Crippen molar-refractivity contribution in [3.8, 4) is 0 Å². The molecule has 0 aromatic rings. The van der Waals surface area contributed by atoms with Gasteiger partial charge in [0.15, 0.2) is 0 Å². The second-order valence-corrected chi connectivity index (χ2v) is 5.92. The molecule has 2 heterocycles. The summed E-state index contributed by atoms with van der Waals surface area (Å²) < 4.78 is 0. The van der Waals surface area contributed by atoms with Gasteiger partial charge in [-0.3, -0.25) is 9.80 Å². The van der Waals surface area contributed by atoms with Gasteiger partial charge in [0.2, 0.25) is 0 Å². The van der Waals surface area contributed by atoms with E-state index in [1.165, 1.54) is 58.5 Å². The number of rotatable bonds is 4. The lowest BCUT2D eigenvalue weighted by atomic mass is 10.0. The maximum absolute atomic E-state index is 3.43. The fourth-order valence-electron chi connectivity index (χ4n) is 3.11. The van der Waals surface area contributed by atoms with Crippen LogP contribution >= 0.6 is 0 Å². The van der Waals surface area contributed by atoms with E-state index in [0.717, 1.165) is 18.0 Å². The highest BCUT2D eigenvalue weighted by atomic mass is 15.3. The van der Waals surface area contributed by atoms with Gasteiger partial charge in [-0.2, -0.15) is 0 Å². The second kappa shape index (κ2) is 4.63. The number of nitrogens with one attached hydrogen (secondary N) is 1. The topological polar surface area (TPSA) is 18.5 Å². The summed E-state index contributed by atoms with van der Waals surface area (Å²) in [5.74, 6) is 1.08. The van der Waals surface area contributed by atoms with Crippen LogP contribution in [-0.4, -0.2) is 61.2 Å². The number of nitrogens with zero attached hydrogens (tertiary/aromatic N) is 2. The van der Waals surface area contributed by atoms with Crippen LogP contribution < -0.4 is 5.32 Å². The first-order valence-electron chi connectivity index (χ1n) is 7.02. The molecule has 2 aliphatic heterocycles. The Morgan fingerprint density at radius 1 is 1.19 bits per heavy atom. The van der Waals surface area contributed by atoms with Crippen LogP contribution in [0.3, 0.4) is 0 Å². The number of hydrogen-bond donors (Lipinski definition) is 1. The molecule has 1 unspecified atom stereocenters. The van der Waals surface area contributed by atoms with Crippen LogP contribution in [0.5, 0.6) is 0 Å². The van der Waals surface area contributed by atoms with Gasteiger partial charge < -0.3 is 5.32 Å². The standard InChI is InChI=1S/C13H25N3/c1-11(8-12-2-3-12)16-9-13(10-16)15-6-4-14-5-7-15/h11-14H,2-10H2,1H3. The molecule has 1 N–H and O–H groups in total. The van der Waals surface area contributed by atoms with Gasteiger partial charge in [-0.1, -0.05) is 12.8 Å². The van der Waals surface area contributed by atoms with E-state index in [2.05, 4.69) is 22.0 Å². The molecular formula is C13H25N3. The number of hydrogen-bond acceptors (Lipinski definition) is 3. The van der Waals surface area contributed by atoms with Crippen LogP contribution in [0.15, 0.2) is 0 Å². The van der Waals surface area contributed by atoms with Crippen molar-refractivity contribution >= 4 is 0 Å². The van der Waals surface area contributed by atoms with Gasteiger partial charge in [0.25, 0.3) is 0 Å². The van der Waals surface area contributed by atoms with E-state index in [-0.39, 0.29) is 0 Å². The third-order valence-corrected chi connectivity index (χ3v) is 4.55. The lowest BCUT2D eigenvalue weighted by molar-refractivity contribution is 0.000851. The highest BCUT2D eigenvalue weighted by Crippen LogP contribution is 2.35. The normalized spacial score (nSPS) is 31.3. The van der Waals surface area contributed by atoms with Crippen molar-refractivity contribution in [2.24, 2.45) is 5.92 Å². The molecule has 3 rings (SSSR count). The van der Waals surface area contributed by atoms with E-state index in [0.29, 0.717) is 0 Å². The Kier molecular flexibility index (Phi) is 3.18. The monoisotopic (exact) mass is 223 g/mol. The van der Waals surface area contributed by atoms with Crippen molar-refractivity contribution < 1.29 is 0 Å². The summed E-state index contributed by atoms with van der Waals surface area (Å²) >= 11 is 0. The Balaban J connectivity index is 1.39. The van der Waals surface area contributed by atoms with Gasteiger partial charge in [-0.25, -0.2) is 0 Å².